The third-order valence-corrected chi connectivity index (χ3v) is 7.41. The Bertz CT molecular complexity index is 1610. The molecule has 0 fully saturated rings. The van der Waals surface area contributed by atoms with Crippen LogP contribution in [0.15, 0.2) is 53.1 Å². The summed E-state index contributed by atoms with van der Waals surface area (Å²) in [6.45, 7) is 8.66. The normalized spacial score (nSPS) is 14.6. The van der Waals surface area contributed by atoms with Gasteiger partial charge in [-0.1, -0.05) is 11.8 Å². The van der Waals surface area contributed by atoms with Crippen molar-refractivity contribution in [2.24, 2.45) is 4.99 Å². The van der Waals surface area contributed by atoms with Crippen molar-refractivity contribution < 1.29 is 23.0 Å². The Morgan fingerprint density at radius 2 is 1.87 bits per heavy atom. The van der Waals surface area contributed by atoms with Gasteiger partial charge in [0.25, 0.3) is 0 Å². The van der Waals surface area contributed by atoms with E-state index in [2.05, 4.69) is 41.3 Å². The Labute approximate surface area is 226 Å². The van der Waals surface area contributed by atoms with Gasteiger partial charge in [-0.05, 0) is 52.5 Å². The van der Waals surface area contributed by atoms with Crippen LogP contribution in [0.3, 0.4) is 0 Å². The number of anilines is 1. The molecule has 0 unspecified atom stereocenters. The van der Waals surface area contributed by atoms with Crippen LogP contribution in [-0.4, -0.2) is 62.4 Å². The number of allylic oxidation sites excluding steroid dienone is 1. The molecule has 1 aromatic carbocycles. The van der Waals surface area contributed by atoms with Crippen molar-refractivity contribution in [1.82, 2.24) is 24.7 Å². The van der Waals surface area contributed by atoms with Gasteiger partial charge in [-0.3, -0.25) is 19.3 Å². The fraction of sp³-hybridized carbons (Fsp3) is 0.346. The third-order valence-electron chi connectivity index (χ3n) is 5.72. The number of benzene rings is 1. The van der Waals surface area contributed by atoms with Gasteiger partial charge in [0, 0.05) is 18.0 Å². The lowest BCUT2D eigenvalue weighted by Crippen LogP contribution is -2.34. The Balaban J connectivity index is 1.83. The summed E-state index contributed by atoms with van der Waals surface area (Å²) in [6.07, 6.45) is 3.45. The van der Waals surface area contributed by atoms with E-state index in [-0.39, 0.29) is 40.8 Å². The zero-order valence-corrected chi connectivity index (χ0v) is 23.2. The number of phenolic OH excluding ortho intramolecular Hbond substituents is 1. The number of aliphatic imine (C=N–C) groups is 1. The molecule has 0 spiro atoms. The summed E-state index contributed by atoms with van der Waals surface area (Å²) in [5.74, 6) is -0.0419. The van der Waals surface area contributed by atoms with Gasteiger partial charge in [0.05, 0.1) is 30.8 Å². The van der Waals surface area contributed by atoms with Gasteiger partial charge in [-0.15, -0.1) is 10.2 Å². The SMILES string of the molecule is COc1cccc(O)c1-n1c(NS(=O)(=O)[C@H](C)[C@H](OC(C)C)c2cnc(C)cn2)nnc1C1=C=C=CC(C)=N1. The molecule has 0 radical (unpaired) electrons. The van der Waals surface area contributed by atoms with Crippen LogP contribution in [0.5, 0.6) is 11.5 Å². The van der Waals surface area contributed by atoms with Crippen molar-refractivity contribution in [3.63, 3.8) is 0 Å². The van der Waals surface area contributed by atoms with Crippen LogP contribution in [0, 0.1) is 6.92 Å². The number of aromatic hydroxyl groups is 1. The summed E-state index contributed by atoms with van der Waals surface area (Å²) in [5, 5.41) is 18.0. The maximum absolute atomic E-state index is 13.7. The standard InChI is InChI=1S/C26H29N7O5S/c1-15(2)38-24(20-14-27-17(4)13-28-20)18(5)39(35,36)32-26-31-30-25(19-10-7-9-16(3)29-19)33(26)23-21(34)11-8-12-22(23)37-6/h8-9,11-15,18,24,34H,1-6H3,(H,31,32)/t18-,24+/m1/s1. The van der Waals surface area contributed by atoms with Crippen molar-refractivity contribution in [1.29, 1.82) is 0 Å². The first-order chi connectivity index (χ1) is 18.5. The number of aryl methyl sites for hydroxylation is 1. The maximum atomic E-state index is 13.7. The lowest BCUT2D eigenvalue weighted by Gasteiger charge is -2.26. The number of phenols is 1. The number of sulfonamides is 1. The third kappa shape index (κ3) is 5.92. The molecule has 12 nitrogen and oxygen atoms in total. The summed E-state index contributed by atoms with van der Waals surface area (Å²) < 4.78 is 42.8. The van der Waals surface area contributed by atoms with Crippen LogP contribution in [0.1, 0.15) is 51.0 Å². The summed E-state index contributed by atoms with van der Waals surface area (Å²) >= 11 is 0. The van der Waals surface area contributed by atoms with Crippen LogP contribution >= 0.6 is 0 Å². The minimum atomic E-state index is -4.18. The first-order valence-corrected chi connectivity index (χ1v) is 13.6. The number of hydrogen-bond donors (Lipinski definition) is 2. The second-order valence-corrected chi connectivity index (χ2v) is 11.1. The lowest BCUT2D eigenvalue weighted by molar-refractivity contribution is 0.00394. The molecule has 1 aliphatic heterocycles. The minimum absolute atomic E-state index is 0.111. The van der Waals surface area contributed by atoms with E-state index in [1.165, 1.54) is 30.9 Å². The molecule has 0 bridgehead atoms. The van der Waals surface area contributed by atoms with E-state index in [1.54, 1.807) is 52.1 Å². The number of nitrogens with one attached hydrogen (secondary N) is 1. The number of ether oxygens (including phenoxy) is 2. The molecule has 1 aliphatic rings. The molecule has 2 aromatic heterocycles. The minimum Gasteiger partial charge on any atom is -0.506 e. The van der Waals surface area contributed by atoms with Gasteiger partial charge >= 0.3 is 0 Å². The van der Waals surface area contributed by atoms with Gasteiger partial charge in [-0.2, -0.15) is 0 Å². The molecule has 0 saturated heterocycles. The molecule has 39 heavy (non-hydrogen) atoms. The van der Waals surface area contributed by atoms with E-state index >= 15 is 0 Å². The van der Waals surface area contributed by atoms with Crippen LogP contribution in [0.25, 0.3) is 11.4 Å². The second-order valence-electron chi connectivity index (χ2n) is 9.07. The number of nitrogens with zero attached hydrogens (tertiary/aromatic N) is 6. The quantitative estimate of drug-likeness (QED) is 0.360. The summed E-state index contributed by atoms with van der Waals surface area (Å²) in [5.41, 5.74) is 7.75. The van der Waals surface area contributed by atoms with Crippen LogP contribution in [0.2, 0.25) is 0 Å². The fourth-order valence-electron chi connectivity index (χ4n) is 3.81. The monoisotopic (exact) mass is 551 g/mol. The Kier molecular flexibility index (Phi) is 7.98. The molecule has 0 saturated carbocycles. The van der Waals surface area contributed by atoms with E-state index in [0.29, 0.717) is 17.1 Å². The van der Waals surface area contributed by atoms with Gasteiger partial charge in [-0.25, -0.2) is 13.4 Å². The molecule has 2 atom stereocenters. The van der Waals surface area contributed by atoms with Crippen molar-refractivity contribution >= 4 is 27.4 Å². The molecular weight excluding hydrogens is 522 g/mol. The maximum Gasteiger partial charge on any atom is 0.243 e. The largest absolute Gasteiger partial charge is 0.506 e. The van der Waals surface area contributed by atoms with Gasteiger partial charge in [0.2, 0.25) is 16.0 Å². The van der Waals surface area contributed by atoms with Crippen molar-refractivity contribution in [3.05, 3.63) is 65.3 Å². The Hall–Kier alpha value is -4.28. The highest BCUT2D eigenvalue weighted by molar-refractivity contribution is 7.93. The average molecular weight is 552 g/mol. The van der Waals surface area contributed by atoms with Crippen LogP contribution < -0.4 is 9.46 Å². The summed E-state index contributed by atoms with van der Waals surface area (Å²) in [7, 11) is -2.76. The first kappa shape index (κ1) is 27.7. The van der Waals surface area contributed by atoms with Gasteiger partial charge in [0.1, 0.15) is 28.5 Å². The van der Waals surface area contributed by atoms with Crippen molar-refractivity contribution in [2.45, 2.75) is 52.1 Å². The highest BCUT2D eigenvalue weighted by atomic mass is 32.2. The van der Waals surface area contributed by atoms with Crippen LogP contribution in [-0.2, 0) is 14.8 Å². The predicted octanol–water partition coefficient (Wildman–Crippen LogP) is 3.50. The number of rotatable bonds is 10. The smallest absolute Gasteiger partial charge is 0.243 e. The zero-order valence-electron chi connectivity index (χ0n) is 22.4. The van der Waals surface area contributed by atoms with Crippen molar-refractivity contribution in [3.8, 4) is 17.2 Å². The number of hydrogen-bond acceptors (Lipinski definition) is 10. The fourth-order valence-corrected chi connectivity index (χ4v) is 4.92. The number of aromatic nitrogens is 5. The Morgan fingerprint density at radius 1 is 1.10 bits per heavy atom. The highest BCUT2D eigenvalue weighted by Crippen LogP contribution is 2.37. The molecule has 4 rings (SSSR count). The highest BCUT2D eigenvalue weighted by Gasteiger charge is 2.35. The molecular formula is C26H29N7O5S. The molecule has 204 valence electrons. The molecule has 0 amide bonds. The van der Waals surface area contributed by atoms with E-state index < -0.39 is 21.4 Å². The van der Waals surface area contributed by atoms with E-state index in [0.717, 1.165) is 0 Å². The number of para-hydroxylation sites is 1. The zero-order chi connectivity index (χ0) is 28.3. The van der Waals surface area contributed by atoms with E-state index in [1.807, 2.05) is 0 Å². The van der Waals surface area contributed by atoms with E-state index in [9.17, 15) is 13.5 Å². The van der Waals surface area contributed by atoms with Crippen molar-refractivity contribution in [2.75, 3.05) is 11.8 Å². The second kappa shape index (κ2) is 11.2. The van der Waals surface area contributed by atoms with Gasteiger partial charge in [0.15, 0.2) is 11.5 Å². The number of methoxy groups -OCH3 is 1. The van der Waals surface area contributed by atoms with Crippen LogP contribution in [0.4, 0.5) is 5.95 Å². The Morgan fingerprint density at radius 3 is 2.51 bits per heavy atom. The molecule has 2 N–H and O–H groups in total. The summed E-state index contributed by atoms with van der Waals surface area (Å²) in [6, 6.07) is 4.64. The average Bonchev–Trinajstić information content (AvgIpc) is 3.29. The summed E-state index contributed by atoms with van der Waals surface area (Å²) in [4.78, 5) is 13.0. The van der Waals surface area contributed by atoms with Gasteiger partial charge < -0.3 is 14.6 Å². The topological polar surface area (TPSA) is 154 Å². The molecule has 3 heterocycles. The molecule has 3 aromatic rings. The lowest BCUT2D eigenvalue weighted by atomic mass is 10.2. The first-order valence-electron chi connectivity index (χ1n) is 12.1. The predicted molar refractivity (Wildman–Crippen MR) is 145 cm³/mol. The molecule has 0 aliphatic carbocycles. The molecule has 13 heteroatoms. The van der Waals surface area contributed by atoms with E-state index in [4.69, 9.17) is 9.47 Å².